The predicted molar refractivity (Wildman–Crippen MR) is 136 cm³/mol. The van der Waals surface area contributed by atoms with Gasteiger partial charge in [-0.05, 0) is 38.0 Å². The Morgan fingerprint density at radius 3 is 2.12 bits per heavy atom. The van der Waals surface area contributed by atoms with Crippen LogP contribution in [0.25, 0.3) is 10.9 Å². The van der Waals surface area contributed by atoms with Crippen molar-refractivity contribution in [2.24, 2.45) is 0 Å². The number of hydrogen-bond donors (Lipinski definition) is 0. The van der Waals surface area contributed by atoms with Crippen molar-refractivity contribution < 1.29 is 14.2 Å². The van der Waals surface area contributed by atoms with Crippen LogP contribution in [-0.2, 0) is 0 Å². The number of nitrogens with zero attached hydrogens (tertiary/aromatic N) is 4. The van der Waals surface area contributed by atoms with Crippen molar-refractivity contribution in [1.29, 1.82) is 0 Å². The number of rotatable bonds is 6. The van der Waals surface area contributed by atoms with Gasteiger partial charge in [0.2, 0.25) is 0 Å². The molecule has 0 spiro atoms. The summed E-state index contributed by atoms with van der Waals surface area (Å²) in [4.78, 5) is 14.6. The molecule has 2 heterocycles. The summed E-state index contributed by atoms with van der Waals surface area (Å²) in [6.07, 6.45) is 1.77. The number of anilines is 2. The summed E-state index contributed by atoms with van der Waals surface area (Å²) in [5, 5.41) is 0.972. The van der Waals surface area contributed by atoms with Crippen molar-refractivity contribution in [3.8, 4) is 17.2 Å². The molecule has 1 aromatic heterocycles. The molecule has 7 nitrogen and oxygen atoms in total. The molecule has 180 valence electrons. The lowest BCUT2D eigenvalue weighted by Gasteiger charge is -2.40. The van der Waals surface area contributed by atoms with E-state index in [0.29, 0.717) is 11.5 Å². The highest BCUT2D eigenvalue weighted by molar-refractivity contribution is 6.24. The fourth-order valence-electron chi connectivity index (χ4n) is 5.08. The third kappa shape index (κ3) is 4.17. The summed E-state index contributed by atoms with van der Waals surface area (Å²) < 4.78 is 16.7. The van der Waals surface area contributed by atoms with Crippen molar-refractivity contribution in [2.75, 3.05) is 57.3 Å². The number of halogens is 1. The van der Waals surface area contributed by atoms with Gasteiger partial charge in [0.15, 0.2) is 11.5 Å². The van der Waals surface area contributed by atoms with Crippen LogP contribution in [-0.4, -0.2) is 62.4 Å². The number of ether oxygens (including phenoxy) is 3. The highest BCUT2D eigenvalue weighted by atomic mass is 35.5. The van der Waals surface area contributed by atoms with Crippen molar-refractivity contribution in [1.82, 2.24) is 9.97 Å². The largest absolute Gasteiger partial charge is 0.495 e. The minimum atomic E-state index is -0.166. The molecule has 0 unspecified atom stereocenters. The van der Waals surface area contributed by atoms with Crippen LogP contribution >= 0.6 is 11.6 Å². The molecule has 1 aliphatic carbocycles. The van der Waals surface area contributed by atoms with Crippen LogP contribution in [0.2, 0.25) is 0 Å². The van der Waals surface area contributed by atoms with Crippen LogP contribution < -0.4 is 24.0 Å². The first-order valence-electron chi connectivity index (χ1n) is 11.7. The molecule has 8 heteroatoms. The Kier molecular flexibility index (Phi) is 6.06. The second-order valence-corrected chi connectivity index (χ2v) is 10.2. The van der Waals surface area contributed by atoms with Crippen LogP contribution in [0.15, 0.2) is 36.4 Å². The third-order valence-corrected chi connectivity index (χ3v) is 7.22. The molecule has 1 aliphatic heterocycles. The van der Waals surface area contributed by atoms with E-state index in [2.05, 4.69) is 28.9 Å². The Morgan fingerprint density at radius 2 is 1.47 bits per heavy atom. The van der Waals surface area contributed by atoms with Gasteiger partial charge in [0.25, 0.3) is 0 Å². The number of piperazine rings is 1. The smallest absolute Gasteiger partial charge is 0.162 e. The highest BCUT2D eigenvalue weighted by Crippen LogP contribution is 2.48. The molecule has 0 radical (unpaired) electrons. The first-order chi connectivity index (χ1) is 16.4. The maximum absolute atomic E-state index is 6.52. The van der Waals surface area contributed by atoms with E-state index in [1.165, 1.54) is 0 Å². The number of alkyl halides is 1. The number of methoxy groups -OCH3 is 3. The van der Waals surface area contributed by atoms with Crippen molar-refractivity contribution >= 4 is 34.0 Å². The molecule has 2 fully saturated rings. The Morgan fingerprint density at radius 1 is 0.853 bits per heavy atom. The van der Waals surface area contributed by atoms with E-state index >= 15 is 0 Å². The van der Waals surface area contributed by atoms with Gasteiger partial charge in [0.05, 0.1) is 32.5 Å². The fourth-order valence-corrected chi connectivity index (χ4v) is 5.45. The van der Waals surface area contributed by atoms with Gasteiger partial charge in [-0.25, -0.2) is 9.97 Å². The van der Waals surface area contributed by atoms with E-state index in [1.807, 2.05) is 24.3 Å². The summed E-state index contributed by atoms with van der Waals surface area (Å²) in [7, 11) is 5.02. The standard InChI is InChI=1S/C26H31ClN4O3/c1-26(27)15-17(16-26)24-28-19-14-23(34-4)22(33-3)13-18(19)25(29-24)31-11-9-30(10-12-31)20-7-5-6-8-21(20)32-2/h5-8,13-14,17H,9-12,15-16H2,1-4H3. The van der Waals surface area contributed by atoms with Crippen molar-refractivity contribution in [3.05, 3.63) is 42.2 Å². The normalized spacial score (nSPS) is 22.4. The van der Waals surface area contributed by atoms with Crippen LogP contribution in [0.1, 0.15) is 31.5 Å². The zero-order chi connectivity index (χ0) is 23.9. The van der Waals surface area contributed by atoms with E-state index in [9.17, 15) is 0 Å². The van der Waals surface area contributed by atoms with Crippen molar-refractivity contribution in [2.45, 2.75) is 30.6 Å². The molecule has 0 N–H and O–H groups in total. The van der Waals surface area contributed by atoms with Gasteiger partial charge in [-0.1, -0.05) is 12.1 Å². The number of fused-ring (bicyclic) bond motifs is 1. The molecular formula is C26H31ClN4O3. The first kappa shape index (κ1) is 22.8. The fraction of sp³-hybridized carbons (Fsp3) is 0.462. The lowest BCUT2D eigenvalue weighted by molar-refractivity contribution is 0.309. The molecule has 2 aromatic carbocycles. The quantitative estimate of drug-likeness (QED) is 0.465. The molecule has 5 rings (SSSR count). The zero-order valence-corrected chi connectivity index (χ0v) is 20.9. The van der Waals surface area contributed by atoms with Gasteiger partial charge in [-0.2, -0.15) is 0 Å². The SMILES string of the molecule is COc1cc2nc(C3CC(C)(Cl)C3)nc(N3CCN(c4ccccc4OC)CC3)c2cc1OC. The molecule has 2 aliphatic rings. The maximum atomic E-state index is 6.52. The summed E-state index contributed by atoms with van der Waals surface area (Å²) in [5.41, 5.74) is 1.99. The Balaban J connectivity index is 1.49. The van der Waals surface area contributed by atoms with Crippen LogP contribution in [0.5, 0.6) is 17.2 Å². The molecule has 0 atom stereocenters. The minimum Gasteiger partial charge on any atom is -0.495 e. The zero-order valence-electron chi connectivity index (χ0n) is 20.2. The highest BCUT2D eigenvalue weighted by Gasteiger charge is 2.41. The van der Waals surface area contributed by atoms with Gasteiger partial charge < -0.3 is 24.0 Å². The topological polar surface area (TPSA) is 60.0 Å². The van der Waals surface area contributed by atoms with E-state index in [0.717, 1.165) is 73.0 Å². The van der Waals surface area contributed by atoms with Crippen LogP contribution in [0.3, 0.4) is 0 Å². The Hall–Kier alpha value is -2.93. The van der Waals surface area contributed by atoms with Gasteiger partial charge in [0.1, 0.15) is 17.4 Å². The number of hydrogen-bond acceptors (Lipinski definition) is 7. The Labute approximate surface area is 205 Å². The minimum absolute atomic E-state index is 0.166. The lowest BCUT2D eigenvalue weighted by Crippen LogP contribution is -2.47. The summed E-state index contributed by atoms with van der Waals surface area (Å²) in [6, 6.07) is 12.1. The number of aromatic nitrogens is 2. The lowest BCUT2D eigenvalue weighted by atomic mass is 9.75. The Bertz CT molecular complexity index is 1190. The number of para-hydroxylation sites is 2. The average molecular weight is 483 g/mol. The molecule has 34 heavy (non-hydrogen) atoms. The van der Waals surface area contributed by atoms with Crippen LogP contribution in [0, 0.1) is 0 Å². The van der Waals surface area contributed by atoms with E-state index in [-0.39, 0.29) is 10.8 Å². The third-order valence-electron chi connectivity index (χ3n) is 6.91. The van der Waals surface area contributed by atoms with Gasteiger partial charge in [0, 0.05) is 48.4 Å². The maximum Gasteiger partial charge on any atom is 0.162 e. The molecular weight excluding hydrogens is 452 g/mol. The second kappa shape index (κ2) is 9.02. The predicted octanol–water partition coefficient (Wildman–Crippen LogP) is 4.86. The van der Waals surface area contributed by atoms with Crippen molar-refractivity contribution in [3.63, 3.8) is 0 Å². The van der Waals surface area contributed by atoms with E-state index in [4.69, 9.17) is 35.8 Å². The van der Waals surface area contributed by atoms with Gasteiger partial charge in [-0.3, -0.25) is 0 Å². The number of benzene rings is 2. The second-order valence-electron chi connectivity index (χ2n) is 9.29. The molecule has 3 aromatic rings. The van der Waals surface area contributed by atoms with E-state index in [1.54, 1.807) is 21.3 Å². The summed E-state index contributed by atoms with van der Waals surface area (Å²) >= 11 is 6.52. The summed E-state index contributed by atoms with van der Waals surface area (Å²) in [6.45, 7) is 5.51. The summed E-state index contributed by atoms with van der Waals surface area (Å²) in [5.74, 6) is 4.33. The molecule has 0 bridgehead atoms. The van der Waals surface area contributed by atoms with Crippen LogP contribution in [0.4, 0.5) is 11.5 Å². The monoisotopic (exact) mass is 482 g/mol. The molecule has 1 saturated heterocycles. The average Bonchev–Trinajstić information content (AvgIpc) is 2.85. The first-order valence-corrected chi connectivity index (χ1v) is 12.1. The van der Waals surface area contributed by atoms with Gasteiger partial charge >= 0.3 is 0 Å². The van der Waals surface area contributed by atoms with Gasteiger partial charge in [-0.15, -0.1) is 11.6 Å². The molecule has 0 amide bonds. The van der Waals surface area contributed by atoms with E-state index < -0.39 is 0 Å². The molecule has 1 saturated carbocycles.